The van der Waals surface area contributed by atoms with E-state index < -0.39 is 10.8 Å². The molecule has 1 aliphatic heterocycles. The largest absolute Gasteiger partial charge is 0.371 e. The number of hydrazone groups is 1. The molecule has 168 valence electrons. The van der Waals surface area contributed by atoms with E-state index in [1.54, 1.807) is 6.21 Å². The molecule has 1 N–H and O–H groups in total. The minimum Gasteiger partial charge on any atom is -0.371 e. The van der Waals surface area contributed by atoms with Crippen molar-refractivity contribution in [3.8, 4) is 0 Å². The molecule has 0 aromatic heterocycles. The van der Waals surface area contributed by atoms with Crippen molar-refractivity contribution in [1.82, 2.24) is 5.43 Å². The Morgan fingerprint density at radius 3 is 2.38 bits per heavy atom. The number of non-ortho nitro benzene ring substituents is 1. The van der Waals surface area contributed by atoms with Crippen LogP contribution in [0.5, 0.6) is 0 Å². The number of aryl methyl sites for hydroxylation is 1. The fourth-order valence-corrected chi connectivity index (χ4v) is 5.00. The number of hydrogen-bond acceptors (Lipinski definition) is 5. The van der Waals surface area contributed by atoms with Gasteiger partial charge in [-0.05, 0) is 73.4 Å². The first kappa shape index (κ1) is 22.0. The molecule has 4 rings (SSSR count). The highest BCUT2D eigenvalue weighted by molar-refractivity contribution is 5.95. The lowest BCUT2D eigenvalue weighted by atomic mass is 9.68. The number of piperidine rings is 1. The number of nitrogens with zero attached hydrogens (tertiary/aromatic N) is 3. The van der Waals surface area contributed by atoms with E-state index in [1.807, 2.05) is 6.07 Å². The van der Waals surface area contributed by atoms with Gasteiger partial charge in [0.15, 0.2) is 0 Å². The first-order valence-electron chi connectivity index (χ1n) is 11.4. The van der Waals surface area contributed by atoms with Crippen LogP contribution < -0.4 is 10.3 Å². The topological polar surface area (TPSA) is 87.8 Å². The molecular formula is C25H30N4O3. The average molecular weight is 435 g/mol. The molecule has 2 aromatic carbocycles. The van der Waals surface area contributed by atoms with E-state index in [4.69, 9.17) is 0 Å². The van der Waals surface area contributed by atoms with Crippen molar-refractivity contribution in [2.75, 3.05) is 18.0 Å². The summed E-state index contributed by atoms with van der Waals surface area (Å²) in [6.07, 6.45) is 11.2. The molecule has 7 nitrogen and oxygen atoms in total. The molecule has 0 radical (unpaired) electrons. The second kappa shape index (κ2) is 9.51. The van der Waals surface area contributed by atoms with Crippen molar-refractivity contribution in [2.45, 2.75) is 51.9 Å². The predicted octanol–water partition coefficient (Wildman–Crippen LogP) is 5.22. The van der Waals surface area contributed by atoms with Crippen LogP contribution in [0.1, 0.15) is 66.4 Å². The Balaban J connectivity index is 1.33. The minimum atomic E-state index is -0.496. The number of carbonyl (C=O) groups is 1. The Morgan fingerprint density at radius 2 is 1.75 bits per heavy atom. The van der Waals surface area contributed by atoms with Crippen molar-refractivity contribution in [3.63, 3.8) is 0 Å². The van der Waals surface area contributed by atoms with Crippen LogP contribution in [0, 0.1) is 22.5 Å². The molecule has 2 aliphatic rings. The molecule has 0 atom stereocenters. The van der Waals surface area contributed by atoms with Gasteiger partial charge in [-0.3, -0.25) is 14.9 Å². The van der Waals surface area contributed by atoms with Gasteiger partial charge in [0.1, 0.15) is 0 Å². The first-order valence-corrected chi connectivity index (χ1v) is 11.4. The van der Waals surface area contributed by atoms with Gasteiger partial charge in [0.25, 0.3) is 11.6 Å². The number of nitrogens with one attached hydrogen (secondary N) is 1. The van der Waals surface area contributed by atoms with Gasteiger partial charge in [0.05, 0.1) is 11.1 Å². The van der Waals surface area contributed by atoms with Gasteiger partial charge in [0.2, 0.25) is 0 Å². The van der Waals surface area contributed by atoms with E-state index in [2.05, 4.69) is 34.5 Å². The number of nitro benzene ring substituents is 1. The quantitative estimate of drug-likeness (QED) is 0.397. The molecule has 2 aromatic rings. The minimum absolute atomic E-state index is 0.0524. The zero-order valence-corrected chi connectivity index (χ0v) is 18.5. The average Bonchev–Trinajstić information content (AvgIpc) is 2.81. The van der Waals surface area contributed by atoms with Gasteiger partial charge >= 0.3 is 0 Å². The van der Waals surface area contributed by atoms with E-state index in [-0.39, 0.29) is 5.69 Å². The summed E-state index contributed by atoms with van der Waals surface area (Å²) >= 11 is 0. The van der Waals surface area contributed by atoms with Crippen LogP contribution in [0.25, 0.3) is 0 Å². The van der Waals surface area contributed by atoms with Gasteiger partial charge in [-0.25, -0.2) is 5.43 Å². The number of nitro groups is 1. The van der Waals surface area contributed by atoms with Gasteiger partial charge in [-0.1, -0.05) is 25.3 Å². The summed E-state index contributed by atoms with van der Waals surface area (Å²) in [6.45, 7) is 4.30. The van der Waals surface area contributed by atoms with Crippen LogP contribution in [-0.4, -0.2) is 30.1 Å². The molecule has 2 fully saturated rings. The molecule has 1 saturated carbocycles. The van der Waals surface area contributed by atoms with Gasteiger partial charge < -0.3 is 4.90 Å². The third-order valence-corrected chi connectivity index (χ3v) is 7.07. The molecule has 0 unspecified atom stereocenters. The first-order chi connectivity index (χ1) is 15.5. The summed E-state index contributed by atoms with van der Waals surface area (Å²) in [6, 6.07) is 11.8. The second-order valence-electron chi connectivity index (χ2n) is 9.09. The maximum Gasteiger partial charge on any atom is 0.271 e. The van der Waals surface area contributed by atoms with Crippen LogP contribution in [0.15, 0.2) is 47.6 Å². The third-order valence-electron chi connectivity index (χ3n) is 7.07. The molecule has 32 heavy (non-hydrogen) atoms. The summed E-state index contributed by atoms with van der Waals surface area (Å²) in [7, 11) is 0. The van der Waals surface area contributed by atoms with E-state index in [9.17, 15) is 14.9 Å². The number of anilines is 1. The van der Waals surface area contributed by atoms with Crippen LogP contribution in [-0.2, 0) is 0 Å². The lowest BCUT2D eigenvalue weighted by Crippen LogP contribution is -2.41. The molecular weight excluding hydrogens is 404 g/mol. The summed E-state index contributed by atoms with van der Waals surface area (Å²) in [4.78, 5) is 24.9. The third kappa shape index (κ3) is 4.98. The number of carbonyl (C=O) groups excluding carboxylic acids is 1. The van der Waals surface area contributed by atoms with Crippen molar-refractivity contribution in [3.05, 3.63) is 69.3 Å². The Morgan fingerprint density at radius 1 is 1.06 bits per heavy atom. The van der Waals surface area contributed by atoms with Crippen LogP contribution >= 0.6 is 0 Å². The van der Waals surface area contributed by atoms with Crippen LogP contribution in [0.3, 0.4) is 0 Å². The number of amides is 1. The molecule has 1 amide bonds. The highest BCUT2D eigenvalue weighted by Crippen LogP contribution is 2.45. The molecule has 1 spiro atoms. The Labute approximate surface area is 188 Å². The Hall–Kier alpha value is -3.22. The zero-order valence-electron chi connectivity index (χ0n) is 18.5. The van der Waals surface area contributed by atoms with E-state index in [0.717, 1.165) is 24.2 Å². The zero-order chi connectivity index (χ0) is 22.6. The predicted molar refractivity (Wildman–Crippen MR) is 126 cm³/mol. The highest BCUT2D eigenvalue weighted by Gasteiger charge is 2.35. The molecule has 1 saturated heterocycles. The summed E-state index contributed by atoms with van der Waals surface area (Å²) in [5.41, 5.74) is 6.65. The van der Waals surface area contributed by atoms with Gasteiger partial charge in [-0.15, -0.1) is 0 Å². The van der Waals surface area contributed by atoms with E-state index in [0.29, 0.717) is 11.0 Å². The van der Waals surface area contributed by atoms with Crippen molar-refractivity contribution >= 4 is 23.5 Å². The highest BCUT2D eigenvalue weighted by atomic mass is 16.6. The number of benzene rings is 2. The maximum atomic E-state index is 12.2. The van der Waals surface area contributed by atoms with Gasteiger partial charge in [-0.2, -0.15) is 5.10 Å². The monoisotopic (exact) mass is 434 g/mol. The smallest absolute Gasteiger partial charge is 0.271 e. The summed E-state index contributed by atoms with van der Waals surface area (Å²) < 4.78 is 0. The van der Waals surface area contributed by atoms with E-state index in [1.165, 1.54) is 74.9 Å². The van der Waals surface area contributed by atoms with E-state index >= 15 is 0 Å². The standard InChI is InChI=1S/C25H30N4O3/c1-19-17-23(28-15-13-25(14-16-28)11-3-2-4-12-25)10-7-21(19)18-26-27-24(30)20-5-8-22(9-6-20)29(31)32/h5-10,17-18H,2-4,11-16H2,1H3,(H,27,30)/b26-18+. The van der Waals surface area contributed by atoms with Crippen LogP contribution in [0.2, 0.25) is 0 Å². The van der Waals surface area contributed by atoms with Gasteiger partial charge in [0, 0.05) is 36.5 Å². The lowest BCUT2D eigenvalue weighted by Gasteiger charge is -2.45. The summed E-state index contributed by atoms with van der Waals surface area (Å²) in [5.74, 6) is -0.407. The molecule has 1 aliphatic carbocycles. The van der Waals surface area contributed by atoms with Crippen LogP contribution in [0.4, 0.5) is 11.4 Å². The normalized spacial score (nSPS) is 18.1. The number of hydrogen-bond donors (Lipinski definition) is 1. The Bertz CT molecular complexity index is 1000. The Kier molecular flexibility index (Phi) is 6.53. The fourth-order valence-electron chi connectivity index (χ4n) is 5.00. The molecule has 7 heteroatoms. The SMILES string of the molecule is Cc1cc(N2CCC3(CCCCC3)CC2)ccc1/C=N/NC(=O)c1ccc([N+](=O)[O-])cc1. The van der Waals surface area contributed by atoms with Crippen molar-refractivity contribution < 1.29 is 9.72 Å². The second-order valence-corrected chi connectivity index (χ2v) is 9.09. The fraction of sp³-hybridized carbons (Fsp3) is 0.440. The maximum absolute atomic E-state index is 12.2. The molecule has 1 heterocycles. The number of rotatable bonds is 5. The van der Waals surface area contributed by atoms with Crippen molar-refractivity contribution in [2.24, 2.45) is 10.5 Å². The molecule has 0 bridgehead atoms. The summed E-state index contributed by atoms with van der Waals surface area (Å²) in [5, 5.41) is 14.8. The lowest BCUT2D eigenvalue weighted by molar-refractivity contribution is -0.384. The van der Waals surface area contributed by atoms with Crippen molar-refractivity contribution in [1.29, 1.82) is 0 Å².